The Hall–Kier alpha value is -2.29. The predicted molar refractivity (Wildman–Crippen MR) is 108 cm³/mol. The molecule has 2 aromatic heterocycles. The summed E-state index contributed by atoms with van der Waals surface area (Å²) in [7, 11) is 2.07. The van der Waals surface area contributed by atoms with Crippen molar-refractivity contribution in [3.8, 4) is 0 Å². The Balaban J connectivity index is 1.28. The Morgan fingerprint density at radius 3 is 2.59 bits per heavy atom. The quantitative estimate of drug-likeness (QED) is 0.730. The number of piperazine rings is 1. The largest absolute Gasteiger partial charge is 0.330 e. The first-order chi connectivity index (χ1) is 13.1. The number of benzene rings is 1. The zero-order valence-electron chi connectivity index (χ0n) is 15.7. The average Bonchev–Trinajstić information content (AvgIpc) is 3.20. The number of thiazole rings is 1. The number of hydrogen-bond donors (Lipinski definition) is 1. The highest BCUT2D eigenvalue weighted by Gasteiger charge is 2.21. The lowest BCUT2D eigenvalue weighted by molar-refractivity contribution is -0.117. The molecule has 7 nitrogen and oxygen atoms in total. The third-order valence-electron chi connectivity index (χ3n) is 4.94. The van der Waals surface area contributed by atoms with Crippen molar-refractivity contribution in [2.45, 2.75) is 13.5 Å². The molecule has 1 fully saturated rings. The second-order valence-electron chi connectivity index (χ2n) is 6.97. The third kappa shape index (κ3) is 4.18. The molecule has 8 heteroatoms. The summed E-state index contributed by atoms with van der Waals surface area (Å²) in [5.74, 6) is 1.09. The highest BCUT2D eigenvalue weighted by atomic mass is 32.1. The molecular weight excluding hydrogens is 360 g/mol. The summed E-state index contributed by atoms with van der Waals surface area (Å²) in [4.78, 5) is 25.8. The van der Waals surface area contributed by atoms with Crippen molar-refractivity contribution >= 4 is 33.4 Å². The number of aryl methyl sites for hydroxylation is 2. The summed E-state index contributed by atoms with van der Waals surface area (Å²) in [6.07, 6.45) is 0. The molecule has 1 aliphatic rings. The van der Waals surface area contributed by atoms with Crippen molar-refractivity contribution in [2.75, 3.05) is 38.0 Å². The van der Waals surface area contributed by atoms with Crippen molar-refractivity contribution in [1.29, 1.82) is 0 Å². The van der Waals surface area contributed by atoms with Gasteiger partial charge in [0.05, 0.1) is 29.8 Å². The number of para-hydroxylation sites is 2. The third-order valence-corrected chi connectivity index (χ3v) is 5.82. The number of anilines is 1. The van der Waals surface area contributed by atoms with E-state index >= 15 is 0 Å². The molecule has 27 heavy (non-hydrogen) atoms. The van der Waals surface area contributed by atoms with Crippen LogP contribution in [0.3, 0.4) is 0 Å². The maximum atomic E-state index is 12.2. The molecule has 0 spiro atoms. The van der Waals surface area contributed by atoms with E-state index in [0.717, 1.165) is 49.8 Å². The molecule has 1 N–H and O–H groups in total. The van der Waals surface area contributed by atoms with Crippen LogP contribution in [-0.4, -0.2) is 63.0 Å². The van der Waals surface area contributed by atoms with Crippen LogP contribution in [0.4, 0.5) is 5.13 Å². The smallest absolute Gasteiger partial charge is 0.240 e. The van der Waals surface area contributed by atoms with Gasteiger partial charge in [0.15, 0.2) is 5.13 Å². The number of carbonyl (C=O) groups excluding carboxylic acids is 1. The number of fused-ring (bicyclic) bond motifs is 1. The molecule has 4 rings (SSSR count). The minimum atomic E-state index is 0.00755. The van der Waals surface area contributed by atoms with Crippen molar-refractivity contribution in [3.63, 3.8) is 0 Å². The van der Waals surface area contributed by atoms with Gasteiger partial charge >= 0.3 is 0 Å². The fraction of sp³-hybridized carbons (Fsp3) is 0.421. The Morgan fingerprint density at radius 1 is 1.15 bits per heavy atom. The van der Waals surface area contributed by atoms with Crippen LogP contribution in [-0.2, 0) is 18.4 Å². The first-order valence-electron chi connectivity index (χ1n) is 9.15. The van der Waals surface area contributed by atoms with E-state index in [-0.39, 0.29) is 5.91 Å². The Labute approximate surface area is 162 Å². The van der Waals surface area contributed by atoms with Crippen LogP contribution in [0, 0.1) is 6.92 Å². The molecule has 0 unspecified atom stereocenters. The zero-order valence-corrected chi connectivity index (χ0v) is 16.5. The van der Waals surface area contributed by atoms with E-state index in [1.54, 1.807) is 0 Å². The topological polar surface area (TPSA) is 66.3 Å². The van der Waals surface area contributed by atoms with Gasteiger partial charge < -0.3 is 9.88 Å². The molecule has 3 aromatic rings. The van der Waals surface area contributed by atoms with Gasteiger partial charge in [0.2, 0.25) is 5.91 Å². The van der Waals surface area contributed by atoms with Gasteiger partial charge in [-0.25, -0.2) is 9.97 Å². The molecule has 1 aromatic carbocycles. The summed E-state index contributed by atoms with van der Waals surface area (Å²) in [6.45, 7) is 6.82. The Bertz CT molecular complexity index is 941. The minimum Gasteiger partial charge on any atom is -0.330 e. The van der Waals surface area contributed by atoms with Crippen LogP contribution in [0.15, 0.2) is 29.6 Å². The lowest BCUT2D eigenvalue weighted by Crippen LogP contribution is -2.48. The van der Waals surface area contributed by atoms with Crippen LogP contribution >= 0.6 is 11.3 Å². The second kappa shape index (κ2) is 7.75. The number of nitrogens with zero attached hydrogens (tertiary/aromatic N) is 5. The molecule has 1 amide bonds. The maximum absolute atomic E-state index is 12.2. The molecule has 0 saturated carbocycles. The summed E-state index contributed by atoms with van der Waals surface area (Å²) < 4.78 is 2.17. The summed E-state index contributed by atoms with van der Waals surface area (Å²) in [5, 5.41) is 5.50. The molecule has 0 aliphatic carbocycles. The monoisotopic (exact) mass is 384 g/mol. The molecule has 142 valence electrons. The highest BCUT2D eigenvalue weighted by Crippen LogP contribution is 2.17. The van der Waals surface area contributed by atoms with Crippen LogP contribution in [0.5, 0.6) is 0 Å². The standard InChI is InChI=1S/C19H24N6OS/c1-14-13-27-19(20-14)22-18(26)12-25-9-7-24(8-10-25)11-17-21-15-5-3-4-6-16(15)23(17)2/h3-6,13H,7-12H2,1-2H3,(H,20,22,26). The summed E-state index contributed by atoms with van der Waals surface area (Å²) in [5.41, 5.74) is 3.15. The van der Waals surface area contributed by atoms with E-state index in [0.29, 0.717) is 11.7 Å². The zero-order chi connectivity index (χ0) is 18.8. The van der Waals surface area contributed by atoms with Gasteiger partial charge in [0.25, 0.3) is 0 Å². The molecular formula is C19H24N6OS. The van der Waals surface area contributed by atoms with E-state index in [2.05, 4.69) is 43.8 Å². The SMILES string of the molecule is Cc1csc(NC(=O)CN2CCN(Cc3nc4ccccc4n3C)CC2)n1. The molecule has 1 aliphatic heterocycles. The lowest BCUT2D eigenvalue weighted by Gasteiger charge is -2.33. The number of imidazole rings is 1. The summed E-state index contributed by atoms with van der Waals surface area (Å²) in [6, 6.07) is 8.23. The van der Waals surface area contributed by atoms with Crippen molar-refractivity contribution in [3.05, 3.63) is 41.2 Å². The number of hydrogen-bond acceptors (Lipinski definition) is 6. The number of nitrogens with one attached hydrogen (secondary N) is 1. The lowest BCUT2D eigenvalue weighted by atomic mass is 10.3. The maximum Gasteiger partial charge on any atom is 0.240 e. The fourth-order valence-corrected chi connectivity index (χ4v) is 4.12. The van der Waals surface area contributed by atoms with E-state index in [9.17, 15) is 4.79 Å². The van der Waals surface area contributed by atoms with Crippen LogP contribution in [0.1, 0.15) is 11.5 Å². The van der Waals surface area contributed by atoms with Crippen molar-refractivity contribution in [1.82, 2.24) is 24.3 Å². The van der Waals surface area contributed by atoms with Gasteiger partial charge in [0.1, 0.15) is 5.82 Å². The normalized spacial score (nSPS) is 16.1. The summed E-state index contributed by atoms with van der Waals surface area (Å²) >= 11 is 1.47. The van der Waals surface area contributed by atoms with Crippen LogP contribution < -0.4 is 5.32 Å². The van der Waals surface area contributed by atoms with Crippen LogP contribution in [0.25, 0.3) is 11.0 Å². The van der Waals surface area contributed by atoms with E-state index in [1.807, 2.05) is 24.4 Å². The molecule has 0 radical (unpaired) electrons. The predicted octanol–water partition coefficient (Wildman–Crippen LogP) is 2.09. The second-order valence-corrected chi connectivity index (χ2v) is 7.83. The Kier molecular flexibility index (Phi) is 5.20. The molecule has 3 heterocycles. The van der Waals surface area contributed by atoms with Gasteiger partial charge in [-0.1, -0.05) is 12.1 Å². The van der Waals surface area contributed by atoms with Gasteiger partial charge in [-0.05, 0) is 19.1 Å². The Morgan fingerprint density at radius 2 is 1.89 bits per heavy atom. The van der Waals surface area contributed by atoms with E-state index in [1.165, 1.54) is 16.9 Å². The van der Waals surface area contributed by atoms with Gasteiger partial charge in [-0.15, -0.1) is 11.3 Å². The van der Waals surface area contributed by atoms with Crippen LogP contribution in [0.2, 0.25) is 0 Å². The first kappa shape index (κ1) is 18.1. The van der Waals surface area contributed by atoms with Gasteiger partial charge in [-0.2, -0.15) is 0 Å². The van der Waals surface area contributed by atoms with Crippen molar-refractivity contribution in [2.24, 2.45) is 7.05 Å². The first-order valence-corrected chi connectivity index (χ1v) is 10.0. The van der Waals surface area contributed by atoms with E-state index < -0.39 is 0 Å². The van der Waals surface area contributed by atoms with E-state index in [4.69, 9.17) is 4.98 Å². The number of aromatic nitrogens is 3. The number of carbonyl (C=O) groups is 1. The molecule has 0 atom stereocenters. The fourth-order valence-electron chi connectivity index (χ4n) is 3.42. The molecule has 0 bridgehead atoms. The average molecular weight is 385 g/mol. The van der Waals surface area contributed by atoms with Gasteiger partial charge in [-0.3, -0.25) is 14.6 Å². The van der Waals surface area contributed by atoms with Gasteiger partial charge in [0, 0.05) is 38.6 Å². The minimum absolute atomic E-state index is 0.00755. The van der Waals surface area contributed by atoms with Crippen molar-refractivity contribution < 1.29 is 4.79 Å². The number of rotatable bonds is 5. The highest BCUT2D eigenvalue weighted by molar-refractivity contribution is 7.13. The number of amides is 1. The molecule has 1 saturated heterocycles.